The number of likely N-dealkylation sites (tertiary alicyclic amines) is 1. The summed E-state index contributed by atoms with van der Waals surface area (Å²) in [6.07, 6.45) is 5.69. The Morgan fingerprint density at radius 3 is 2.81 bits per heavy atom. The van der Waals surface area contributed by atoms with Crippen LogP contribution in [0.3, 0.4) is 0 Å². The molecule has 0 radical (unpaired) electrons. The third-order valence-corrected chi connectivity index (χ3v) is 3.94. The summed E-state index contributed by atoms with van der Waals surface area (Å²) in [7, 11) is 3.63. The smallest absolute Gasteiger partial charge is 0.240 e. The van der Waals surface area contributed by atoms with E-state index in [4.69, 9.17) is 4.74 Å². The maximum absolute atomic E-state index is 12.2. The molecule has 0 aromatic carbocycles. The van der Waals surface area contributed by atoms with Crippen LogP contribution in [0.5, 0.6) is 0 Å². The molecule has 1 N–H and O–H groups in total. The predicted octanol–water partition coefficient (Wildman–Crippen LogP) is 0.764. The van der Waals surface area contributed by atoms with Crippen LogP contribution in [0.15, 0.2) is 0 Å². The quantitative estimate of drug-likeness (QED) is 0.772. The number of hydrogen-bond donors (Lipinski definition) is 1. The minimum absolute atomic E-state index is 0.0202. The zero-order valence-electron chi connectivity index (χ0n) is 10.2. The summed E-state index contributed by atoms with van der Waals surface area (Å²) in [5.74, 6) is 0.266. The maximum atomic E-state index is 12.2. The number of hydrogen-bond acceptors (Lipinski definition) is 3. The first-order valence-electron chi connectivity index (χ1n) is 6.28. The van der Waals surface area contributed by atoms with E-state index in [1.54, 1.807) is 7.11 Å². The fourth-order valence-electron chi connectivity index (χ4n) is 3.03. The van der Waals surface area contributed by atoms with Crippen LogP contribution in [0.4, 0.5) is 0 Å². The Hall–Kier alpha value is -0.610. The number of piperidine rings is 1. The lowest BCUT2D eigenvalue weighted by Gasteiger charge is -2.38. The number of carbonyl (C=O) groups is 1. The molecule has 0 aromatic rings. The minimum atomic E-state index is 0.0202. The molecule has 0 spiro atoms. The van der Waals surface area contributed by atoms with Gasteiger partial charge in [0, 0.05) is 13.7 Å². The van der Waals surface area contributed by atoms with Gasteiger partial charge in [-0.1, -0.05) is 0 Å². The average molecular weight is 226 g/mol. The maximum Gasteiger partial charge on any atom is 0.240 e. The van der Waals surface area contributed by atoms with Crippen LogP contribution in [-0.4, -0.2) is 49.7 Å². The molecule has 2 fully saturated rings. The van der Waals surface area contributed by atoms with Gasteiger partial charge in [0.05, 0.1) is 18.2 Å². The van der Waals surface area contributed by atoms with Crippen molar-refractivity contribution in [2.24, 2.45) is 0 Å². The van der Waals surface area contributed by atoms with Gasteiger partial charge >= 0.3 is 0 Å². The number of nitrogens with one attached hydrogen (secondary N) is 1. The van der Waals surface area contributed by atoms with Crippen molar-refractivity contribution in [3.8, 4) is 0 Å². The van der Waals surface area contributed by atoms with Gasteiger partial charge in [-0.25, -0.2) is 0 Å². The first-order valence-corrected chi connectivity index (χ1v) is 6.28. The lowest BCUT2D eigenvalue weighted by Crippen LogP contribution is -2.55. The summed E-state index contributed by atoms with van der Waals surface area (Å²) in [6, 6.07) is 0.334. The highest BCUT2D eigenvalue weighted by Gasteiger charge is 2.38. The molecule has 3 unspecified atom stereocenters. The van der Waals surface area contributed by atoms with E-state index in [9.17, 15) is 4.79 Å². The van der Waals surface area contributed by atoms with Gasteiger partial charge in [-0.15, -0.1) is 0 Å². The second-order valence-corrected chi connectivity index (χ2v) is 4.79. The third kappa shape index (κ3) is 2.09. The van der Waals surface area contributed by atoms with E-state index in [-0.39, 0.29) is 18.1 Å². The molecule has 1 saturated carbocycles. The van der Waals surface area contributed by atoms with Crippen molar-refractivity contribution in [3.05, 3.63) is 0 Å². The molecule has 1 heterocycles. The first kappa shape index (κ1) is 11.9. The number of ether oxygens (including phenoxy) is 1. The summed E-state index contributed by atoms with van der Waals surface area (Å²) in [6.45, 7) is 0.904. The van der Waals surface area contributed by atoms with Gasteiger partial charge in [-0.05, 0) is 39.2 Å². The molecule has 1 aliphatic heterocycles. The van der Waals surface area contributed by atoms with E-state index in [2.05, 4.69) is 5.32 Å². The number of rotatable bonds is 3. The van der Waals surface area contributed by atoms with Gasteiger partial charge in [0.25, 0.3) is 0 Å². The average Bonchev–Trinajstić information content (AvgIpc) is 2.77. The van der Waals surface area contributed by atoms with E-state index >= 15 is 0 Å². The second-order valence-electron chi connectivity index (χ2n) is 4.79. The van der Waals surface area contributed by atoms with E-state index in [1.165, 1.54) is 6.42 Å². The Morgan fingerprint density at radius 2 is 2.12 bits per heavy atom. The number of carbonyl (C=O) groups excluding carboxylic acids is 1. The van der Waals surface area contributed by atoms with Crippen molar-refractivity contribution in [1.29, 1.82) is 0 Å². The van der Waals surface area contributed by atoms with E-state index < -0.39 is 0 Å². The van der Waals surface area contributed by atoms with Crippen molar-refractivity contribution in [2.75, 3.05) is 20.7 Å². The molecule has 0 aromatic heterocycles. The molecule has 1 aliphatic carbocycles. The molecule has 2 rings (SSSR count). The molecule has 4 heteroatoms. The second kappa shape index (κ2) is 5.15. The van der Waals surface area contributed by atoms with Crippen LogP contribution in [0.25, 0.3) is 0 Å². The molecule has 1 saturated heterocycles. The molecule has 4 nitrogen and oxygen atoms in total. The van der Waals surface area contributed by atoms with Crippen molar-refractivity contribution < 1.29 is 9.53 Å². The molecule has 1 amide bonds. The highest BCUT2D eigenvalue weighted by Crippen LogP contribution is 2.29. The van der Waals surface area contributed by atoms with Gasteiger partial charge in [0.2, 0.25) is 5.91 Å². The van der Waals surface area contributed by atoms with Crippen molar-refractivity contribution >= 4 is 5.91 Å². The van der Waals surface area contributed by atoms with Crippen molar-refractivity contribution in [1.82, 2.24) is 10.2 Å². The highest BCUT2D eigenvalue weighted by molar-refractivity contribution is 5.83. The molecular formula is C12H22N2O2. The van der Waals surface area contributed by atoms with Gasteiger partial charge < -0.3 is 15.0 Å². The largest absolute Gasteiger partial charge is 0.379 e. The van der Waals surface area contributed by atoms with Crippen LogP contribution in [0.1, 0.15) is 32.1 Å². The van der Waals surface area contributed by atoms with Crippen LogP contribution < -0.4 is 5.32 Å². The standard InChI is InChI=1S/C12H22N2O2/c1-13-9-5-4-8-14(12(9)15)10-6-3-7-11(10)16-2/h9-11,13H,3-8H2,1-2H3. The van der Waals surface area contributed by atoms with Crippen molar-refractivity contribution in [2.45, 2.75) is 50.3 Å². The Balaban J connectivity index is 2.04. The van der Waals surface area contributed by atoms with E-state index in [0.717, 1.165) is 32.2 Å². The topological polar surface area (TPSA) is 41.6 Å². The normalized spacial score (nSPS) is 35.8. The van der Waals surface area contributed by atoms with Crippen molar-refractivity contribution in [3.63, 3.8) is 0 Å². The summed E-state index contributed by atoms with van der Waals surface area (Å²) in [5, 5.41) is 3.11. The SMILES string of the molecule is CNC1CCCN(C2CCCC2OC)C1=O. The predicted molar refractivity (Wildman–Crippen MR) is 62.2 cm³/mol. The molecule has 2 aliphatic rings. The first-order chi connectivity index (χ1) is 7.77. The van der Waals surface area contributed by atoms with Gasteiger partial charge in [0.15, 0.2) is 0 Å². The number of likely N-dealkylation sites (N-methyl/N-ethyl adjacent to an activating group) is 1. The van der Waals surface area contributed by atoms with Crippen LogP contribution in [0.2, 0.25) is 0 Å². The van der Waals surface area contributed by atoms with E-state index in [0.29, 0.717) is 6.04 Å². The number of nitrogens with zero attached hydrogens (tertiary/aromatic N) is 1. The van der Waals surface area contributed by atoms with Crippen LogP contribution in [0, 0.1) is 0 Å². The van der Waals surface area contributed by atoms with Gasteiger partial charge in [0.1, 0.15) is 0 Å². The lowest BCUT2D eigenvalue weighted by molar-refractivity contribution is -0.140. The fraction of sp³-hybridized carbons (Fsp3) is 0.917. The molecule has 16 heavy (non-hydrogen) atoms. The fourth-order valence-corrected chi connectivity index (χ4v) is 3.03. The number of methoxy groups -OCH3 is 1. The lowest BCUT2D eigenvalue weighted by atomic mass is 10.0. The summed E-state index contributed by atoms with van der Waals surface area (Å²) in [5.41, 5.74) is 0. The highest BCUT2D eigenvalue weighted by atomic mass is 16.5. The van der Waals surface area contributed by atoms with Gasteiger partial charge in [-0.3, -0.25) is 4.79 Å². The summed E-state index contributed by atoms with van der Waals surface area (Å²) < 4.78 is 5.48. The van der Waals surface area contributed by atoms with Gasteiger partial charge in [-0.2, -0.15) is 0 Å². The molecule has 3 atom stereocenters. The monoisotopic (exact) mass is 226 g/mol. The summed E-state index contributed by atoms with van der Waals surface area (Å²) in [4.78, 5) is 14.3. The zero-order valence-corrected chi connectivity index (χ0v) is 10.2. The third-order valence-electron chi connectivity index (χ3n) is 3.94. The Morgan fingerprint density at radius 1 is 1.31 bits per heavy atom. The molecular weight excluding hydrogens is 204 g/mol. The summed E-state index contributed by atoms with van der Waals surface area (Å²) >= 11 is 0. The molecule has 0 bridgehead atoms. The number of amides is 1. The Kier molecular flexibility index (Phi) is 3.82. The Labute approximate surface area is 97.3 Å². The zero-order chi connectivity index (χ0) is 11.5. The molecule has 92 valence electrons. The van der Waals surface area contributed by atoms with Crippen LogP contribution >= 0.6 is 0 Å². The minimum Gasteiger partial charge on any atom is -0.379 e. The van der Waals surface area contributed by atoms with E-state index in [1.807, 2.05) is 11.9 Å². The van der Waals surface area contributed by atoms with Crippen LogP contribution in [-0.2, 0) is 9.53 Å². The Bertz CT molecular complexity index is 257.